The third kappa shape index (κ3) is 2.51. The number of anilines is 1. The van der Waals surface area contributed by atoms with Gasteiger partial charge in [-0.1, -0.05) is 13.8 Å². The molecule has 3 N–H and O–H groups in total. The Morgan fingerprint density at radius 3 is 2.38 bits per heavy atom. The molecule has 7 heteroatoms. The average Bonchev–Trinajstić information content (AvgIpc) is 2.81. The van der Waals surface area contributed by atoms with Crippen molar-refractivity contribution in [2.75, 3.05) is 10.5 Å². The SMILES string of the molecule is CC1(C)[C@H]2CC[C@@]1(CS(=O)(=O)Nc1ccc(C(N)=O)cc1)C(=O)C2. The lowest BCUT2D eigenvalue weighted by molar-refractivity contribution is -0.128. The van der Waals surface area contributed by atoms with E-state index in [-0.39, 0.29) is 22.9 Å². The summed E-state index contributed by atoms with van der Waals surface area (Å²) in [5, 5.41) is 0. The average molecular weight is 350 g/mol. The van der Waals surface area contributed by atoms with Crippen molar-refractivity contribution in [2.24, 2.45) is 22.5 Å². The molecule has 0 saturated heterocycles. The number of ketones is 1. The minimum atomic E-state index is -3.69. The molecule has 0 radical (unpaired) electrons. The summed E-state index contributed by atoms with van der Waals surface area (Å²) in [6.07, 6.45) is 2.02. The Bertz CT molecular complexity index is 798. The van der Waals surface area contributed by atoms with E-state index >= 15 is 0 Å². The van der Waals surface area contributed by atoms with Crippen LogP contribution in [0.25, 0.3) is 0 Å². The second kappa shape index (κ2) is 5.31. The molecule has 2 aliphatic rings. The third-order valence-electron chi connectivity index (χ3n) is 6.02. The first-order valence-electron chi connectivity index (χ1n) is 8.01. The molecule has 2 saturated carbocycles. The highest BCUT2D eigenvalue weighted by atomic mass is 32.2. The van der Waals surface area contributed by atoms with Crippen molar-refractivity contribution in [1.29, 1.82) is 0 Å². The zero-order chi connectivity index (χ0) is 17.8. The summed E-state index contributed by atoms with van der Waals surface area (Å²) >= 11 is 0. The van der Waals surface area contributed by atoms with Gasteiger partial charge in [-0.05, 0) is 48.4 Å². The molecule has 1 aromatic rings. The number of carbonyl (C=O) groups excluding carboxylic acids is 2. The van der Waals surface area contributed by atoms with Gasteiger partial charge in [-0.3, -0.25) is 14.3 Å². The quantitative estimate of drug-likeness (QED) is 0.846. The van der Waals surface area contributed by atoms with Crippen molar-refractivity contribution in [1.82, 2.24) is 0 Å². The zero-order valence-corrected chi connectivity index (χ0v) is 14.7. The minimum absolute atomic E-state index is 0.0678. The van der Waals surface area contributed by atoms with Crippen LogP contribution in [-0.2, 0) is 14.8 Å². The van der Waals surface area contributed by atoms with E-state index in [9.17, 15) is 18.0 Å². The number of amides is 1. The molecular weight excluding hydrogens is 328 g/mol. The fraction of sp³-hybridized carbons (Fsp3) is 0.529. The summed E-state index contributed by atoms with van der Waals surface area (Å²) in [4.78, 5) is 23.5. The topological polar surface area (TPSA) is 106 Å². The number of hydrogen-bond donors (Lipinski definition) is 2. The monoisotopic (exact) mass is 350 g/mol. The van der Waals surface area contributed by atoms with Crippen LogP contribution in [0.5, 0.6) is 0 Å². The highest BCUT2D eigenvalue weighted by molar-refractivity contribution is 7.92. The van der Waals surface area contributed by atoms with Gasteiger partial charge in [0, 0.05) is 17.7 Å². The van der Waals surface area contributed by atoms with Crippen LogP contribution in [-0.4, -0.2) is 25.9 Å². The Balaban J connectivity index is 1.81. The molecule has 2 atom stereocenters. The maximum atomic E-state index is 12.6. The van der Waals surface area contributed by atoms with Crippen LogP contribution in [0.15, 0.2) is 24.3 Å². The van der Waals surface area contributed by atoms with Crippen molar-refractivity contribution in [3.05, 3.63) is 29.8 Å². The van der Waals surface area contributed by atoms with Crippen LogP contribution >= 0.6 is 0 Å². The van der Waals surface area contributed by atoms with Gasteiger partial charge >= 0.3 is 0 Å². The smallest absolute Gasteiger partial charge is 0.248 e. The number of Topliss-reactive ketones (excluding diaryl/α,β-unsaturated/α-hetero) is 1. The summed E-state index contributed by atoms with van der Waals surface area (Å²) in [6, 6.07) is 5.92. The maximum Gasteiger partial charge on any atom is 0.248 e. The van der Waals surface area contributed by atoms with Gasteiger partial charge in [0.15, 0.2) is 0 Å². The summed E-state index contributed by atoms with van der Waals surface area (Å²) in [7, 11) is -3.69. The first-order chi connectivity index (χ1) is 11.1. The fourth-order valence-electron chi connectivity index (χ4n) is 4.35. The van der Waals surface area contributed by atoms with Crippen molar-refractivity contribution >= 4 is 27.4 Å². The van der Waals surface area contributed by atoms with Crippen LogP contribution in [0.3, 0.4) is 0 Å². The molecule has 2 aliphatic carbocycles. The minimum Gasteiger partial charge on any atom is -0.366 e. The highest BCUT2D eigenvalue weighted by Gasteiger charge is 2.65. The van der Waals surface area contributed by atoms with E-state index in [1.54, 1.807) is 0 Å². The van der Waals surface area contributed by atoms with E-state index in [4.69, 9.17) is 5.73 Å². The van der Waals surface area contributed by atoms with Crippen LogP contribution in [0.2, 0.25) is 0 Å². The van der Waals surface area contributed by atoms with Gasteiger partial charge in [0.1, 0.15) is 5.78 Å². The van der Waals surface area contributed by atoms with Crippen molar-refractivity contribution in [3.8, 4) is 0 Å². The number of nitrogens with two attached hydrogens (primary N) is 1. The Kier molecular flexibility index (Phi) is 3.75. The lowest BCUT2D eigenvalue weighted by Crippen LogP contribution is -2.43. The predicted octanol–water partition coefficient (Wildman–Crippen LogP) is 1.92. The number of nitrogens with one attached hydrogen (secondary N) is 1. The molecule has 0 spiro atoms. The van der Waals surface area contributed by atoms with E-state index < -0.39 is 21.3 Å². The van der Waals surface area contributed by atoms with Crippen molar-refractivity contribution < 1.29 is 18.0 Å². The van der Waals surface area contributed by atoms with Crippen molar-refractivity contribution in [3.63, 3.8) is 0 Å². The van der Waals surface area contributed by atoms with Gasteiger partial charge in [-0.25, -0.2) is 8.42 Å². The predicted molar refractivity (Wildman–Crippen MR) is 90.9 cm³/mol. The molecule has 0 heterocycles. The molecule has 2 fully saturated rings. The summed E-state index contributed by atoms with van der Waals surface area (Å²) < 4.78 is 27.8. The van der Waals surface area contributed by atoms with Gasteiger partial charge in [0.25, 0.3) is 0 Å². The standard InChI is InChI=1S/C17H22N2O4S/c1-16(2)12-7-8-17(16,14(20)9-12)10-24(22,23)19-13-5-3-11(4-6-13)15(18)21/h3-6,12,19H,7-10H2,1-2H3,(H2,18,21)/t12-,17+/m0/s1. The van der Waals surface area contributed by atoms with Crippen molar-refractivity contribution in [2.45, 2.75) is 33.1 Å². The molecule has 2 bridgehead atoms. The summed E-state index contributed by atoms with van der Waals surface area (Å²) in [6.45, 7) is 4.01. The first kappa shape index (κ1) is 17.0. The summed E-state index contributed by atoms with van der Waals surface area (Å²) in [5.41, 5.74) is 4.74. The zero-order valence-electron chi connectivity index (χ0n) is 13.8. The molecular formula is C17H22N2O4S. The van der Waals surface area contributed by atoms with E-state index in [1.165, 1.54) is 24.3 Å². The maximum absolute atomic E-state index is 12.6. The highest BCUT2D eigenvalue weighted by Crippen LogP contribution is 2.64. The van der Waals surface area contributed by atoms with E-state index in [1.807, 2.05) is 13.8 Å². The Labute approximate surface area is 141 Å². The van der Waals surface area contributed by atoms with Crippen LogP contribution in [0.4, 0.5) is 5.69 Å². The van der Waals surface area contributed by atoms with Crippen LogP contribution in [0, 0.1) is 16.7 Å². The third-order valence-corrected chi connectivity index (χ3v) is 7.44. The molecule has 3 rings (SSSR count). The number of primary amides is 1. The molecule has 0 unspecified atom stereocenters. The van der Waals surface area contributed by atoms with Gasteiger partial charge in [0.05, 0.1) is 11.2 Å². The fourth-order valence-corrected chi connectivity index (χ4v) is 6.24. The Hall–Kier alpha value is -1.89. The van der Waals surface area contributed by atoms with E-state index in [0.717, 1.165) is 6.42 Å². The van der Waals surface area contributed by atoms with Crippen LogP contribution in [0.1, 0.15) is 43.5 Å². The number of hydrogen-bond acceptors (Lipinski definition) is 4. The molecule has 6 nitrogen and oxygen atoms in total. The van der Waals surface area contributed by atoms with E-state index in [2.05, 4.69) is 4.72 Å². The summed E-state index contributed by atoms with van der Waals surface area (Å²) in [5.74, 6) is -0.424. The molecule has 1 amide bonds. The largest absolute Gasteiger partial charge is 0.366 e. The molecule has 0 aromatic heterocycles. The molecule has 24 heavy (non-hydrogen) atoms. The second-order valence-corrected chi connectivity index (χ2v) is 9.19. The first-order valence-corrected chi connectivity index (χ1v) is 9.66. The molecule has 1 aromatic carbocycles. The van der Waals surface area contributed by atoms with Gasteiger partial charge in [-0.15, -0.1) is 0 Å². The Morgan fingerprint density at radius 2 is 1.92 bits per heavy atom. The number of rotatable bonds is 5. The van der Waals surface area contributed by atoms with Gasteiger partial charge in [0.2, 0.25) is 15.9 Å². The second-order valence-electron chi connectivity index (χ2n) is 7.47. The van der Waals surface area contributed by atoms with Gasteiger partial charge < -0.3 is 5.73 Å². The molecule has 130 valence electrons. The number of sulfonamides is 1. The van der Waals surface area contributed by atoms with E-state index in [0.29, 0.717) is 24.1 Å². The Morgan fingerprint density at radius 1 is 1.29 bits per heavy atom. The number of fused-ring (bicyclic) bond motifs is 2. The van der Waals surface area contributed by atoms with Gasteiger partial charge in [-0.2, -0.15) is 0 Å². The lowest BCUT2D eigenvalue weighted by Gasteiger charge is -2.36. The molecule has 0 aliphatic heterocycles. The normalized spacial score (nSPS) is 28.1. The lowest BCUT2D eigenvalue weighted by atomic mass is 9.70. The number of carbonyl (C=O) groups is 2. The van der Waals surface area contributed by atoms with Crippen LogP contribution < -0.4 is 10.5 Å². The number of benzene rings is 1.